The molecular weight excluding hydrogens is 464 g/mol. The lowest BCUT2D eigenvalue weighted by Crippen LogP contribution is -2.46. The van der Waals surface area contributed by atoms with Crippen molar-refractivity contribution in [1.82, 2.24) is 14.2 Å². The smallest absolute Gasteiger partial charge is 0.321 e. The van der Waals surface area contributed by atoms with Crippen LogP contribution in [0.4, 0.5) is 10.5 Å². The first-order chi connectivity index (χ1) is 15.5. The Morgan fingerprint density at radius 3 is 2.44 bits per heavy atom. The summed E-state index contributed by atoms with van der Waals surface area (Å²) in [7, 11) is 1.60. The summed E-state index contributed by atoms with van der Waals surface area (Å²) in [5.74, 6) is 0.747. The maximum atomic E-state index is 13.3. The predicted octanol–water partition coefficient (Wildman–Crippen LogP) is 4.76. The fraction of sp³-hybridized carbons (Fsp3) is 0.500. The fourth-order valence-corrected chi connectivity index (χ4v) is 6.78. The number of anilines is 1. The van der Waals surface area contributed by atoms with Gasteiger partial charge in [0.15, 0.2) is 0 Å². The minimum atomic E-state index is -0.103. The lowest BCUT2D eigenvalue weighted by atomic mass is 9.78. The van der Waals surface area contributed by atoms with Gasteiger partial charge in [0.25, 0.3) is 5.91 Å². The first kappa shape index (κ1) is 23.3. The van der Waals surface area contributed by atoms with E-state index < -0.39 is 0 Å². The molecule has 0 radical (unpaired) electrons. The summed E-state index contributed by atoms with van der Waals surface area (Å²) in [6, 6.07) is 7.32. The number of piperidine rings is 1. The summed E-state index contributed by atoms with van der Waals surface area (Å²) >= 11 is 4.52. The van der Waals surface area contributed by atoms with E-state index in [4.69, 9.17) is 4.74 Å². The van der Waals surface area contributed by atoms with Crippen LogP contribution in [0.2, 0.25) is 0 Å². The van der Waals surface area contributed by atoms with Crippen LogP contribution in [0.1, 0.15) is 29.6 Å². The Labute approximate surface area is 201 Å². The predicted molar refractivity (Wildman–Crippen MR) is 131 cm³/mol. The molecule has 0 saturated carbocycles. The third-order valence-electron chi connectivity index (χ3n) is 6.41. The van der Waals surface area contributed by atoms with Crippen molar-refractivity contribution in [2.75, 3.05) is 51.1 Å². The molecule has 1 aromatic carbocycles. The zero-order valence-corrected chi connectivity index (χ0v) is 21.0. The highest BCUT2D eigenvalue weighted by Crippen LogP contribution is 2.42. The maximum absolute atomic E-state index is 13.3. The number of aromatic nitrogens is 1. The Bertz CT molecular complexity index is 967. The van der Waals surface area contributed by atoms with Gasteiger partial charge in [-0.25, -0.2) is 4.79 Å². The molecule has 0 unspecified atom stereocenters. The number of hydrogen-bond acceptors (Lipinski definition) is 7. The first-order valence-electron chi connectivity index (χ1n) is 10.6. The van der Waals surface area contributed by atoms with Crippen LogP contribution in [0, 0.1) is 5.41 Å². The van der Waals surface area contributed by atoms with Crippen molar-refractivity contribution in [3.63, 3.8) is 0 Å². The van der Waals surface area contributed by atoms with Gasteiger partial charge in [0.1, 0.15) is 10.8 Å². The molecular formula is C22H28N4O3S3. The molecule has 2 aliphatic heterocycles. The number of hydrogen-bond donors (Lipinski definition) is 1. The van der Waals surface area contributed by atoms with E-state index in [0.29, 0.717) is 24.5 Å². The zero-order chi connectivity index (χ0) is 22.7. The fourth-order valence-electron chi connectivity index (χ4n) is 4.52. The number of amides is 3. The normalized spacial score (nSPS) is 17.6. The van der Waals surface area contributed by atoms with E-state index in [2.05, 4.69) is 9.69 Å². The van der Waals surface area contributed by atoms with E-state index in [9.17, 15) is 9.59 Å². The van der Waals surface area contributed by atoms with Crippen molar-refractivity contribution >= 4 is 52.7 Å². The van der Waals surface area contributed by atoms with Gasteiger partial charge in [0, 0.05) is 26.2 Å². The molecule has 0 bridgehead atoms. The summed E-state index contributed by atoms with van der Waals surface area (Å²) in [5.41, 5.74) is 1.54. The van der Waals surface area contributed by atoms with E-state index in [0.717, 1.165) is 47.2 Å². The topological polar surface area (TPSA) is 74.8 Å². The van der Waals surface area contributed by atoms with Gasteiger partial charge < -0.3 is 19.9 Å². The van der Waals surface area contributed by atoms with Gasteiger partial charge in [-0.2, -0.15) is 4.37 Å². The van der Waals surface area contributed by atoms with Gasteiger partial charge in [-0.3, -0.25) is 4.79 Å². The number of carbonyl (C=O) groups excluding carboxylic acids is 2. The molecule has 7 nitrogen and oxygen atoms in total. The summed E-state index contributed by atoms with van der Waals surface area (Å²) in [5, 5.41) is 3.80. The van der Waals surface area contributed by atoms with Crippen molar-refractivity contribution in [3.8, 4) is 5.75 Å². The molecule has 2 aromatic rings. The van der Waals surface area contributed by atoms with Crippen molar-refractivity contribution in [2.24, 2.45) is 5.41 Å². The number of nitrogens with one attached hydrogen (secondary N) is 1. The minimum absolute atomic E-state index is 0.0966. The Hall–Kier alpha value is -1.91. The van der Waals surface area contributed by atoms with Gasteiger partial charge in [-0.05, 0) is 60.9 Å². The highest BCUT2D eigenvalue weighted by atomic mass is 32.2. The van der Waals surface area contributed by atoms with E-state index >= 15 is 0 Å². The molecule has 32 heavy (non-hydrogen) atoms. The van der Waals surface area contributed by atoms with Gasteiger partial charge in [-0.1, -0.05) is 12.1 Å². The summed E-state index contributed by atoms with van der Waals surface area (Å²) < 4.78 is 10.8. The van der Waals surface area contributed by atoms with Crippen LogP contribution in [-0.2, 0) is 0 Å². The van der Waals surface area contributed by atoms with Crippen molar-refractivity contribution in [2.45, 2.75) is 28.5 Å². The SMILES string of the molecule is COc1ccccc1NC(=O)N1CCC2(CC1)CCN(C(=O)c1c(SC)nsc1SC)C2. The number of nitrogens with zero attached hydrogens (tertiary/aromatic N) is 3. The second-order valence-electron chi connectivity index (χ2n) is 8.15. The minimum Gasteiger partial charge on any atom is -0.495 e. The second kappa shape index (κ2) is 9.93. The molecule has 2 fully saturated rings. The van der Waals surface area contributed by atoms with Crippen LogP contribution in [-0.4, -0.2) is 71.9 Å². The number of likely N-dealkylation sites (tertiary alicyclic amines) is 2. The average Bonchev–Trinajstić information content (AvgIpc) is 3.43. The molecule has 3 amide bonds. The quantitative estimate of drug-likeness (QED) is 0.607. The third-order valence-corrected chi connectivity index (χ3v) is 9.15. The highest BCUT2D eigenvalue weighted by molar-refractivity contribution is 8.01. The van der Waals surface area contributed by atoms with Crippen molar-refractivity contribution in [3.05, 3.63) is 29.8 Å². The van der Waals surface area contributed by atoms with Crippen molar-refractivity contribution < 1.29 is 14.3 Å². The summed E-state index contributed by atoms with van der Waals surface area (Å²) in [6.07, 6.45) is 6.76. The van der Waals surface area contributed by atoms with Crippen LogP contribution >= 0.6 is 35.1 Å². The van der Waals surface area contributed by atoms with E-state index in [-0.39, 0.29) is 17.4 Å². The first-order valence-corrected chi connectivity index (χ1v) is 13.8. The molecule has 3 heterocycles. The summed E-state index contributed by atoms with van der Waals surface area (Å²) in [4.78, 5) is 30.0. The molecule has 1 N–H and O–H groups in total. The Morgan fingerprint density at radius 2 is 1.78 bits per heavy atom. The number of rotatable bonds is 5. The molecule has 0 atom stereocenters. The molecule has 0 aliphatic carbocycles. The van der Waals surface area contributed by atoms with Gasteiger partial charge in [0.05, 0.1) is 22.6 Å². The van der Waals surface area contributed by atoms with Gasteiger partial charge in [0.2, 0.25) is 0 Å². The molecule has 2 aliphatic rings. The Kier molecular flexibility index (Phi) is 7.21. The number of thioether (sulfide) groups is 2. The highest BCUT2D eigenvalue weighted by Gasteiger charge is 2.43. The molecule has 4 rings (SSSR count). The number of benzene rings is 1. The number of methoxy groups -OCH3 is 1. The lowest BCUT2D eigenvalue weighted by molar-refractivity contribution is 0.0733. The van der Waals surface area contributed by atoms with Crippen LogP contribution in [0.5, 0.6) is 5.75 Å². The molecule has 2 saturated heterocycles. The average molecular weight is 493 g/mol. The molecule has 172 valence electrons. The number of carbonyl (C=O) groups is 2. The van der Waals surface area contributed by atoms with Gasteiger partial charge in [-0.15, -0.1) is 23.5 Å². The molecule has 1 aromatic heterocycles. The van der Waals surface area contributed by atoms with Crippen molar-refractivity contribution in [1.29, 1.82) is 0 Å². The van der Waals surface area contributed by atoms with E-state index in [1.165, 1.54) is 23.3 Å². The monoisotopic (exact) mass is 492 g/mol. The molecule has 1 spiro atoms. The molecule has 10 heteroatoms. The number of ether oxygens (including phenoxy) is 1. The lowest BCUT2D eigenvalue weighted by Gasteiger charge is -2.39. The van der Waals surface area contributed by atoms with Crippen LogP contribution in [0.3, 0.4) is 0 Å². The standard InChI is InChI=1S/C22H28N4O3S3/c1-29-16-7-5-4-6-15(16)23-21(28)25-11-8-22(9-12-25)10-13-26(14-22)19(27)17-18(30-2)24-32-20(17)31-3/h4-7H,8-14H2,1-3H3,(H,23,28). The van der Waals surface area contributed by atoms with Gasteiger partial charge >= 0.3 is 6.03 Å². The Balaban J connectivity index is 1.37. The van der Waals surface area contributed by atoms with Crippen LogP contribution < -0.4 is 10.1 Å². The third kappa shape index (κ3) is 4.58. The second-order valence-corrected chi connectivity index (χ2v) is 10.8. The zero-order valence-electron chi connectivity index (χ0n) is 18.6. The largest absolute Gasteiger partial charge is 0.495 e. The number of para-hydroxylation sites is 2. The Morgan fingerprint density at radius 1 is 1.09 bits per heavy atom. The van der Waals surface area contributed by atoms with Crippen LogP contribution in [0.15, 0.2) is 33.5 Å². The van der Waals surface area contributed by atoms with Crippen LogP contribution in [0.25, 0.3) is 0 Å². The van der Waals surface area contributed by atoms with E-state index in [1.807, 2.05) is 46.6 Å². The van der Waals surface area contributed by atoms with E-state index in [1.54, 1.807) is 18.9 Å². The maximum Gasteiger partial charge on any atom is 0.321 e. The number of urea groups is 1. The summed E-state index contributed by atoms with van der Waals surface area (Å²) in [6.45, 7) is 2.90.